The summed E-state index contributed by atoms with van der Waals surface area (Å²) in [4.78, 5) is 37.5. The SMILES string of the molecule is COC(=O)C1=C(C)NC(C)=C([N+](=O)[O-])C1c1ccccc1C(F)(F)F.NC(N)=NC(=O)Cc1c(Cl)cccc1Cl. The zero-order chi connectivity index (χ0) is 30.4. The minimum Gasteiger partial charge on any atom is -0.466 e. The first-order chi connectivity index (χ1) is 18.6. The Morgan fingerprint density at radius 3 is 2.15 bits per heavy atom. The van der Waals surface area contributed by atoms with Gasteiger partial charge in [-0.25, -0.2) is 4.79 Å². The van der Waals surface area contributed by atoms with Gasteiger partial charge < -0.3 is 21.5 Å². The van der Waals surface area contributed by atoms with Crippen LogP contribution in [0.4, 0.5) is 13.2 Å². The molecular weight excluding hydrogens is 578 g/mol. The molecule has 0 spiro atoms. The van der Waals surface area contributed by atoms with Gasteiger partial charge in [-0.15, -0.1) is 0 Å². The van der Waals surface area contributed by atoms with Crippen LogP contribution in [0.25, 0.3) is 0 Å². The lowest BCUT2D eigenvalue weighted by molar-refractivity contribution is -0.431. The lowest BCUT2D eigenvalue weighted by Crippen LogP contribution is -2.32. The number of aliphatic imine (C=N–C) groups is 1. The van der Waals surface area contributed by atoms with E-state index in [1.54, 1.807) is 18.2 Å². The van der Waals surface area contributed by atoms with Crippen LogP contribution in [0.1, 0.15) is 36.5 Å². The topological polar surface area (TPSA) is 163 Å². The number of guanidine groups is 1. The smallest absolute Gasteiger partial charge is 0.416 e. The van der Waals surface area contributed by atoms with Gasteiger partial charge in [-0.2, -0.15) is 18.2 Å². The summed E-state index contributed by atoms with van der Waals surface area (Å²) in [6, 6.07) is 9.46. The van der Waals surface area contributed by atoms with E-state index >= 15 is 0 Å². The van der Waals surface area contributed by atoms with Crippen LogP contribution in [0.2, 0.25) is 10.0 Å². The number of esters is 1. The molecule has 3 rings (SSSR count). The van der Waals surface area contributed by atoms with Crippen LogP contribution in [0, 0.1) is 10.1 Å². The normalized spacial score (nSPS) is 14.9. The summed E-state index contributed by atoms with van der Waals surface area (Å²) in [6.07, 6.45) is -4.75. The predicted molar refractivity (Wildman–Crippen MR) is 143 cm³/mol. The molecule has 1 amide bonds. The Morgan fingerprint density at radius 1 is 1.07 bits per heavy atom. The molecule has 10 nitrogen and oxygen atoms in total. The minimum absolute atomic E-state index is 0.0175. The van der Waals surface area contributed by atoms with E-state index in [1.165, 1.54) is 26.0 Å². The number of nitrogens with two attached hydrogens (primary N) is 2. The van der Waals surface area contributed by atoms with Crippen LogP contribution in [-0.4, -0.2) is 29.9 Å². The highest BCUT2D eigenvalue weighted by Gasteiger charge is 2.45. The van der Waals surface area contributed by atoms with Crippen molar-refractivity contribution in [2.24, 2.45) is 16.5 Å². The third-order valence-corrected chi connectivity index (χ3v) is 6.26. The number of carbonyl (C=O) groups is 2. The molecule has 0 aromatic heterocycles. The second kappa shape index (κ2) is 13.3. The number of hydrogen-bond acceptors (Lipinski definition) is 6. The molecule has 1 unspecified atom stereocenters. The zero-order valence-corrected chi connectivity index (χ0v) is 22.8. The number of alkyl halides is 3. The Kier molecular flexibility index (Phi) is 10.7. The average molecular weight is 602 g/mol. The van der Waals surface area contributed by atoms with Gasteiger partial charge in [0.25, 0.3) is 11.6 Å². The van der Waals surface area contributed by atoms with Gasteiger partial charge in [0, 0.05) is 15.7 Å². The Morgan fingerprint density at radius 2 is 1.65 bits per heavy atom. The molecule has 2 aromatic carbocycles. The number of nitro groups is 1. The first kappa shape index (κ1) is 32.1. The number of halogens is 5. The average Bonchev–Trinajstić information content (AvgIpc) is 2.84. The van der Waals surface area contributed by atoms with E-state index in [0.717, 1.165) is 19.2 Å². The van der Waals surface area contributed by atoms with Gasteiger partial charge in [-0.1, -0.05) is 47.5 Å². The molecule has 0 saturated carbocycles. The van der Waals surface area contributed by atoms with Crippen LogP contribution in [-0.2, 0) is 26.9 Å². The quantitative estimate of drug-likeness (QED) is 0.146. The number of amides is 1. The van der Waals surface area contributed by atoms with Crippen molar-refractivity contribution in [1.82, 2.24) is 5.32 Å². The van der Waals surface area contributed by atoms with Crippen molar-refractivity contribution in [2.75, 3.05) is 7.11 Å². The van der Waals surface area contributed by atoms with Crippen LogP contribution < -0.4 is 16.8 Å². The predicted octanol–water partition coefficient (Wildman–Crippen LogP) is 4.68. The molecule has 1 heterocycles. The summed E-state index contributed by atoms with van der Waals surface area (Å²) >= 11 is 11.7. The number of nitrogens with zero attached hydrogens (tertiary/aromatic N) is 2. The Bertz CT molecular complexity index is 1400. The highest BCUT2D eigenvalue weighted by molar-refractivity contribution is 6.36. The number of ether oxygens (including phenoxy) is 1. The number of rotatable bonds is 5. The summed E-state index contributed by atoms with van der Waals surface area (Å²) in [7, 11) is 1.06. The van der Waals surface area contributed by atoms with Gasteiger partial charge in [0.15, 0.2) is 5.96 Å². The van der Waals surface area contributed by atoms with E-state index < -0.39 is 40.2 Å². The van der Waals surface area contributed by atoms with E-state index in [9.17, 15) is 32.9 Å². The number of nitrogens with one attached hydrogen (secondary N) is 1. The molecule has 0 radical (unpaired) electrons. The van der Waals surface area contributed by atoms with Gasteiger partial charge >= 0.3 is 12.1 Å². The van der Waals surface area contributed by atoms with Crippen LogP contribution in [0.15, 0.2) is 70.1 Å². The molecule has 5 N–H and O–H groups in total. The van der Waals surface area contributed by atoms with Crippen molar-refractivity contribution in [3.8, 4) is 0 Å². The third-order valence-electron chi connectivity index (χ3n) is 5.55. The number of allylic oxidation sites excluding steroid dienone is 3. The molecule has 0 saturated heterocycles. The fourth-order valence-electron chi connectivity index (χ4n) is 3.95. The van der Waals surface area contributed by atoms with Crippen LogP contribution in [0.3, 0.4) is 0 Å². The van der Waals surface area contributed by atoms with Crippen LogP contribution >= 0.6 is 23.2 Å². The molecule has 0 aliphatic carbocycles. The largest absolute Gasteiger partial charge is 0.466 e. The monoisotopic (exact) mass is 601 g/mol. The van der Waals surface area contributed by atoms with Gasteiger partial charge in [-0.05, 0) is 43.2 Å². The van der Waals surface area contributed by atoms with Crippen molar-refractivity contribution in [1.29, 1.82) is 0 Å². The summed E-state index contributed by atoms with van der Waals surface area (Å²) in [5, 5.41) is 15.0. The molecule has 0 fully saturated rings. The van der Waals surface area contributed by atoms with Crippen molar-refractivity contribution in [3.05, 3.63) is 102 Å². The number of dihydropyridines is 1. The van der Waals surface area contributed by atoms with Gasteiger partial charge in [0.05, 0.1) is 35.3 Å². The number of benzene rings is 2. The van der Waals surface area contributed by atoms with Crippen LogP contribution in [0.5, 0.6) is 0 Å². The number of methoxy groups -OCH3 is 1. The molecule has 40 heavy (non-hydrogen) atoms. The highest BCUT2D eigenvalue weighted by atomic mass is 35.5. The molecular formula is C25H24Cl2F3N5O5. The van der Waals surface area contributed by atoms with Gasteiger partial charge in [0.1, 0.15) is 5.92 Å². The van der Waals surface area contributed by atoms with Crippen molar-refractivity contribution in [3.63, 3.8) is 0 Å². The maximum atomic E-state index is 13.4. The lowest BCUT2D eigenvalue weighted by Gasteiger charge is -2.27. The molecule has 1 aliphatic rings. The minimum atomic E-state index is -4.73. The van der Waals surface area contributed by atoms with Crippen molar-refractivity contribution < 1.29 is 32.4 Å². The molecule has 1 atom stereocenters. The lowest BCUT2D eigenvalue weighted by atomic mass is 9.82. The number of hydrogen-bond donors (Lipinski definition) is 3. The van der Waals surface area contributed by atoms with E-state index in [4.69, 9.17) is 34.7 Å². The maximum Gasteiger partial charge on any atom is 0.416 e. The van der Waals surface area contributed by atoms with Gasteiger partial charge in [-0.3, -0.25) is 14.9 Å². The molecule has 1 aliphatic heterocycles. The molecule has 214 valence electrons. The second-order valence-electron chi connectivity index (χ2n) is 8.25. The molecule has 15 heteroatoms. The maximum absolute atomic E-state index is 13.4. The Balaban J connectivity index is 0.000000319. The second-order valence-corrected chi connectivity index (χ2v) is 9.06. The highest BCUT2D eigenvalue weighted by Crippen LogP contribution is 2.44. The third kappa shape index (κ3) is 7.73. The van der Waals surface area contributed by atoms with Gasteiger partial charge in [0.2, 0.25) is 0 Å². The Hall–Kier alpha value is -4.10. The zero-order valence-electron chi connectivity index (χ0n) is 21.3. The van der Waals surface area contributed by atoms with E-state index in [-0.39, 0.29) is 34.9 Å². The van der Waals surface area contributed by atoms with Crippen molar-refractivity contribution in [2.45, 2.75) is 32.4 Å². The summed E-state index contributed by atoms with van der Waals surface area (Å²) < 4.78 is 44.8. The summed E-state index contributed by atoms with van der Waals surface area (Å²) in [5.74, 6) is -3.19. The Labute approximate surface area is 236 Å². The first-order valence-corrected chi connectivity index (χ1v) is 12.0. The fraction of sp³-hybridized carbons (Fsp3) is 0.240. The summed E-state index contributed by atoms with van der Waals surface area (Å²) in [6.45, 7) is 2.83. The fourth-order valence-corrected chi connectivity index (χ4v) is 4.48. The molecule has 0 bridgehead atoms. The summed E-state index contributed by atoms with van der Waals surface area (Å²) in [5.41, 5.74) is 8.76. The molecule has 2 aromatic rings. The van der Waals surface area contributed by atoms with E-state index in [1.807, 2.05) is 0 Å². The van der Waals surface area contributed by atoms with Crippen molar-refractivity contribution >= 4 is 41.0 Å². The standard InChI is InChI=1S/C16H15F3N2O4.C9H9Cl2N3O/c1-8-12(15(22)25-3)13(14(21(23)24)9(2)20-8)10-6-4-5-7-11(10)16(17,18)19;10-6-2-1-3-7(11)5(6)4-8(15)14-9(12)13/h4-7,13,20H,1-3H3;1-3H,4H2,(H4,12,13,14,15). The van der Waals surface area contributed by atoms with E-state index in [0.29, 0.717) is 15.6 Å². The van der Waals surface area contributed by atoms with E-state index in [2.05, 4.69) is 15.0 Å². The number of carbonyl (C=O) groups excluding carboxylic acids is 2. The first-order valence-electron chi connectivity index (χ1n) is 11.2.